The number of para-hydroxylation sites is 1. The minimum absolute atomic E-state index is 0. The summed E-state index contributed by atoms with van der Waals surface area (Å²) in [4.78, 5) is 51.5. The van der Waals surface area contributed by atoms with Crippen molar-refractivity contribution in [3.05, 3.63) is 58.6 Å². The molecular formula is C36H51ClN6O3S. The van der Waals surface area contributed by atoms with E-state index in [9.17, 15) is 14.4 Å². The Labute approximate surface area is 290 Å². The number of piperazine rings is 1. The smallest absolute Gasteiger partial charge is 0.322 e. The van der Waals surface area contributed by atoms with Crippen LogP contribution in [0, 0.1) is 5.41 Å². The molecule has 2 aromatic carbocycles. The largest absolute Gasteiger partial charge is 0.369 e. The van der Waals surface area contributed by atoms with Crippen molar-refractivity contribution in [3.8, 4) is 0 Å². The van der Waals surface area contributed by atoms with Crippen LogP contribution in [0.2, 0.25) is 5.02 Å². The van der Waals surface area contributed by atoms with E-state index in [1.165, 1.54) is 0 Å². The molecule has 0 saturated carbocycles. The van der Waals surface area contributed by atoms with E-state index in [0.29, 0.717) is 31.2 Å². The first-order chi connectivity index (χ1) is 22.5. The average molecular weight is 683 g/mol. The second kappa shape index (κ2) is 14.3. The van der Waals surface area contributed by atoms with E-state index in [1.54, 1.807) is 11.8 Å². The number of anilines is 2. The van der Waals surface area contributed by atoms with Crippen LogP contribution in [0.3, 0.4) is 0 Å². The van der Waals surface area contributed by atoms with Crippen molar-refractivity contribution in [2.75, 3.05) is 69.6 Å². The Balaban J connectivity index is 0.00000451. The number of carbonyl (C=O) groups excluding carboxylic acids is 3. The lowest BCUT2D eigenvalue weighted by Crippen LogP contribution is -2.50. The summed E-state index contributed by atoms with van der Waals surface area (Å²) in [5.74, 6) is 0.0365. The molecule has 11 heteroatoms. The molecule has 0 spiro atoms. The summed E-state index contributed by atoms with van der Waals surface area (Å²) >= 11 is 8.55. The minimum Gasteiger partial charge on any atom is -0.369 e. The molecule has 4 aliphatic rings. The first-order valence-electron chi connectivity index (χ1n) is 17.1. The number of nitrogens with one attached hydrogen (secondary N) is 1. The number of carbonyl (C=O) groups is 3. The fourth-order valence-corrected chi connectivity index (χ4v) is 9.06. The lowest BCUT2D eigenvalue weighted by molar-refractivity contribution is -0.137. The second-order valence-corrected chi connectivity index (χ2v) is 16.3. The molecule has 0 bridgehead atoms. The van der Waals surface area contributed by atoms with Crippen molar-refractivity contribution >= 4 is 52.6 Å². The summed E-state index contributed by atoms with van der Waals surface area (Å²) in [7, 11) is 2.14. The number of hydrogen-bond acceptors (Lipinski definition) is 6. The van der Waals surface area contributed by atoms with Gasteiger partial charge in [0.2, 0.25) is 11.8 Å². The van der Waals surface area contributed by atoms with Gasteiger partial charge < -0.3 is 29.8 Å². The third kappa shape index (κ3) is 7.70. The van der Waals surface area contributed by atoms with Gasteiger partial charge in [0.1, 0.15) is 5.37 Å². The number of fused-ring (bicyclic) bond motifs is 1. The van der Waals surface area contributed by atoms with Crippen LogP contribution in [0.15, 0.2) is 42.5 Å². The summed E-state index contributed by atoms with van der Waals surface area (Å²) < 4.78 is 0. The van der Waals surface area contributed by atoms with Gasteiger partial charge in [-0.05, 0) is 61.9 Å². The second-order valence-electron chi connectivity index (χ2n) is 14.6. The lowest BCUT2D eigenvalue weighted by atomic mass is 9.92. The number of halogens is 1. The van der Waals surface area contributed by atoms with Gasteiger partial charge in [-0.2, -0.15) is 0 Å². The van der Waals surface area contributed by atoms with Crippen LogP contribution in [-0.4, -0.2) is 108 Å². The van der Waals surface area contributed by atoms with Crippen LogP contribution in [0.25, 0.3) is 0 Å². The highest BCUT2D eigenvalue weighted by Crippen LogP contribution is 2.50. The molecule has 2 atom stereocenters. The highest BCUT2D eigenvalue weighted by molar-refractivity contribution is 8.01. The van der Waals surface area contributed by atoms with Crippen LogP contribution in [-0.2, 0) is 16.0 Å². The molecule has 0 radical (unpaired) electrons. The van der Waals surface area contributed by atoms with Crippen LogP contribution in [0.5, 0.6) is 0 Å². The van der Waals surface area contributed by atoms with Gasteiger partial charge in [0.05, 0.1) is 5.25 Å². The van der Waals surface area contributed by atoms with Gasteiger partial charge >= 0.3 is 6.03 Å². The number of piperidine rings is 1. The molecule has 47 heavy (non-hydrogen) atoms. The van der Waals surface area contributed by atoms with Crippen molar-refractivity contribution in [1.29, 1.82) is 0 Å². The molecule has 0 aliphatic carbocycles. The topological polar surface area (TPSA) is 79.4 Å². The molecule has 3 saturated heterocycles. The van der Waals surface area contributed by atoms with Crippen LogP contribution < -0.4 is 10.2 Å². The van der Waals surface area contributed by atoms with Crippen LogP contribution >= 0.6 is 23.4 Å². The number of likely N-dealkylation sites (tertiary alicyclic amines) is 1. The Bertz CT molecular complexity index is 1470. The summed E-state index contributed by atoms with van der Waals surface area (Å²) in [6.07, 6.45) is 3.30. The summed E-state index contributed by atoms with van der Waals surface area (Å²) in [5.41, 5.74) is 4.17. The van der Waals surface area contributed by atoms with Crippen molar-refractivity contribution in [2.45, 2.75) is 69.5 Å². The highest BCUT2D eigenvalue weighted by Gasteiger charge is 2.45. The van der Waals surface area contributed by atoms with Gasteiger partial charge in [0, 0.05) is 88.2 Å². The molecule has 9 nitrogen and oxygen atoms in total. The Hall–Kier alpha value is -2.95. The monoisotopic (exact) mass is 682 g/mol. The number of amides is 4. The van der Waals surface area contributed by atoms with Crippen molar-refractivity contribution in [1.82, 2.24) is 19.6 Å². The molecule has 6 rings (SSSR count). The van der Waals surface area contributed by atoms with Gasteiger partial charge in [-0.15, -0.1) is 11.8 Å². The predicted molar refractivity (Wildman–Crippen MR) is 193 cm³/mol. The first kappa shape index (κ1) is 33.9. The predicted octanol–water partition coefficient (Wildman–Crippen LogP) is 6.19. The zero-order valence-corrected chi connectivity index (χ0v) is 29.8. The van der Waals surface area contributed by atoms with E-state index in [4.69, 9.17) is 11.6 Å². The highest BCUT2D eigenvalue weighted by atomic mass is 35.5. The standard InChI is InChI=1S/C36H49ClN6O3S.H2/c1-36(2,3)15-19-43-33(45)30(47-34(43)32-27(37)9-7-11-29(32)40-22-20-39(4)21-23-40)24-31(44)41-16-13-26(14-17-41)42-18-12-25-8-5-6-10-28(25)38-35(42)46;/h5-11,26,30,34H,12-24H2,1-4H3,(H,38,46);1H. The number of benzene rings is 2. The number of hydrogen-bond donors (Lipinski definition) is 1. The first-order valence-corrected chi connectivity index (χ1v) is 18.4. The Morgan fingerprint density at radius 1 is 0.979 bits per heavy atom. The normalized spacial score (nSPS) is 23.2. The maximum absolute atomic E-state index is 14.1. The van der Waals surface area contributed by atoms with Crippen molar-refractivity contribution in [3.63, 3.8) is 0 Å². The molecule has 1 N–H and O–H groups in total. The number of likely N-dealkylation sites (N-methyl/N-ethyl adjacent to an activating group) is 1. The van der Waals surface area contributed by atoms with Crippen molar-refractivity contribution < 1.29 is 15.8 Å². The number of thioether (sulfide) groups is 1. The lowest BCUT2D eigenvalue weighted by Gasteiger charge is -2.38. The summed E-state index contributed by atoms with van der Waals surface area (Å²) in [6, 6.07) is 14.0. The van der Waals surface area contributed by atoms with E-state index >= 15 is 0 Å². The van der Waals surface area contributed by atoms with E-state index in [2.05, 4.69) is 55.1 Å². The molecular weight excluding hydrogens is 632 g/mol. The van der Waals surface area contributed by atoms with Crippen LogP contribution in [0.1, 0.15) is 64.4 Å². The maximum Gasteiger partial charge on any atom is 0.322 e. The Morgan fingerprint density at radius 3 is 2.43 bits per heavy atom. The fourth-order valence-electron chi connectivity index (χ4n) is 7.18. The molecule has 2 unspecified atom stereocenters. The third-order valence-corrected chi connectivity index (χ3v) is 11.9. The van der Waals surface area contributed by atoms with E-state index in [1.807, 2.05) is 45.0 Å². The fraction of sp³-hybridized carbons (Fsp3) is 0.583. The van der Waals surface area contributed by atoms with Gasteiger partial charge in [-0.3, -0.25) is 9.59 Å². The number of rotatable bonds is 7. The maximum atomic E-state index is 14.1. The van der Waals surface area contributed by atoms with Crippen LogP contribution in [0.4, 0.5) is 16.2 Å². The Morgan fingerprint density at radius 2 is 1.70 bits per heavy atom. The number of nitrogens with zero attached hydrogens (tertiary/aromatic N) is 5. The number of urea groups is 1. The quantitative estimate of drug-likeness (QED) is 0.376. The third-order valence-electron chi connectivity index (χ3n) is 10.1. The SMILES string of the molecule is CN1CCN(c2cccc(Cl)c2C2SC(CC(=O)N3CCC(N4CCc5ccccc5NC4=O)CC3)C(=O)N2CCC(C)(C)C)CC1.[HH]. The van der Waals surface area contributed by atoms with E-state index in [0.717, 1.165) is 74.4 Å². The average Bonchev–Trinajstić information content (AvgIpc) is 3.23. The van der Waals surface area contributed by atoms with Gasteiger partial charge in [-0.1, -0.05) is 56.6 Å². The minimum atomic E-state index is -0.461. The zero-order chi connectivity index (χ0) is 33.3. The summed E-state index contributed by atoms with van der Waals surface area (Å²) in [5, 5.41) is 3.04. The molecule has 4 amide bonds. The molecule has 3 fully saturated rings. The van der Waals surface area contributed by atoms with Gasteiger partial charge in [-0.25, -0.2) is 4.79 Å². The molecule has 256 valence electrons. The van der Waals surface area contributed by atoms with E-state index in [-0.39, 0.29) is 42.5 Å². The zero-order valence-electron chi connectivity index (χ0n) is 28.2. The van der Waals surface area contributed by atoms with E-state index < -0.39 is 5.25 Å². The molecule has 2 aromatic rings. The Kier molecular flexibility index (Phi) is 10.3. The van der Waals surface area contributed by atoms with Crippen molar-refractivity contribution in [2.24, 2.45) is 5.41 Å². The molecule has 0 aromatic heterocycles. The molecule has 4 aliphatic heterocycles. The van der Waals surface area contributed by atoms with Gasteiger partial charge in [0.25, 0.3) is 0 Å². The van der Waals surface area contributed by atoms with Gasteiger partial charge in [0.15, 0.2) is 0 Å². The molecule has 4 heterocycles. The summed E-state index contributed by atoms with van der Waals surface area (Å²) in [6.45, 7) is 12.8.